The van der Waals surface area contributed by atoms with E-state index in [1.165, 1.54) is 7.11 Å². The quantitative estimate of drug-likeness (QED) is 0.335. The first kappa shape index (κ1) is 31.4. The lowest BCUT2D eigenvalue weighted by Crippen LogP contribution is -2.50. The predicted molar refractivity (Wildman–Crippen MR) is 171 cm³/mol. The van der Waals surface area contributed by atoms with E-state index in [4.69, 9.17) is 4.74 Å². The van der Waals surface area contributed by atoms with Crippen molar-refractivity contribution in [3.63, 3.8) is 0 Å². The van der Waals surface area contributed by atoms with Crippen LogP contribution in [0.4, 0.5) is 16.2 Å². The molecule has 5 rings (SSSR count). The topological polar surface area (TPSA) is 132 Å². The van der Waals surface area contributed by atoms with Gasteiger partial charge in [0.05, 0.1) is 18.6 Å². The molecule has 2 fully saturated rings. The van der Waals surface area contributed by atoms with Crippen LogP contribution in [-0.4, -0.2) is 91.1 Å². The Kier molecular flexibility index (Phi) is 10.2. The Bertz CT molecular complexity index is 1490. The number of carboxylic acid groups (broad SMARTS) is 1. The number of amides is 4. The van der Waals surface area contributed by atoms with Gasteiger partial charge in [0.2, 0.25) is 5.91 Å². The van der Waals surface area contributed by atoms with E-state index < -0.39 is 23.8 Å². The smallest absolute Gasteiger partial charge is 0.326 e. The van der Waals surface area contributed by atoms with Crippen molar-refractivity contribution in [3.8, 4) is 5.75 Å². The lowest BCUT2D eigenvalue weighted by atomic mass is 9.95. The summed E-state index contributed by atoms with van der Waals surface area (Å²) >= 11 is 0. The fourth-order valence-corrected chi connectivity index (χ4v) is 5.83. The summed E-state index contributed by atoms with van der Waals surface area (Å²) in [5, 5.41) is 15.5. The number of piperazine rings is 1. The Hall–Kier alpha value is -5.06. The van der Waals surface area contributed by atoms with Crippen LogP contribution in [0.5, 0.6) is 5.75 Å². The van der Waals surface area contributed by atoms with Crippen molar-refractivity contribution in [1.82, 2.24) is 15.1 Å². The van der Waals surface area contributed by atoms with Crippen LogP contribution < -0.4 is 20.3 Å². The minimum atomic E-state index is -1.15. The van der Waals surface area contributed by atoms with Gasteiger partial charge in [-0.15, -0.1) is 0 Å². The Morgan fingerprint density at radius 2 is 1.56 bits per heavy atom. The number of rotatable bonds is 9. The Morgan fingerprint density at radius 3 is 2.24 bits per heavy atom. The van der Waals surface area contributed by atoms with E-state index in [2.05, 4.69) is 27.7 Å². The van der Waals surface area contributed by atoms with Gasteiger partial charge >= 0.3 is 12.0 Å². The number of carbonyl (C=O) groups excluding carboxylic acids is 3. The number of piperidine rings is 1. The number of urea groups is 1. The first-order valence-corrected chi connectivity index (χ1v) is 15.2. The van der Waals surface area contributed by atoms with Crippen molar-refractivity contribution < 1.29 is 29.0 Å². The molecular formula is C34H39N5O6. The number of benzene rings is 3. The monoisotopic (exact) mass is 613 g/mol. The zero-order chi connectivity index (χ0) is 31.8. The lowest BCUT2D eigenvalue weighted by molar-refractivity contribution is -0.142. The molecule has 0 radical (unpaired) electrons. The van der Waals surface area contributed by atoms with E-state index >= 15 is 0 Å². The maximum atomic E-state index is 13.2. The number of hydrogen-bond acceptors (Lipinski definition) is 6. The predicted octanol–water partition coefficient (Wildman–Crippen LogP) is 3.71. The highest BCUT2D eigenvalue weighted by molar-refractivity contribution is 5.97. The highest BCUT2D eigenvalue weighted by Gasteiger charge is 2.32. The van der Waals surface area contributed by atoms with Gasteiger partial charge in [-0.05, 0) is 54.8 Å². The number of anilines is 2. The number of likely N-dealkylation sites (tertiary alicyclic amines) is 1. The van der Waals surface area contributed by atoms with E-state index in [-0.39, 0.29) is 24.9 Å². The van der Waals surface area contributed by atoms with Crippen LogP contribution in [0.2, 0.25) is 0 Å². The highest BCUT2D eigenvalue weighted by atomic mass is 16.5. The highest BCUT2D eigenvalue weighted by Crippen LogP contribution is 2.24. The summed E-state index contributed by atoms with van der Waals surface area (Å²) in [4.78, 5) is 56.9. The molecule has 0 saturated carbocycles. The van der Waals surface area contributed by atoms with E-state index in [9.17, 15) is 24.3 Å². The van der Waals surface area contributed by atoms with Crippen molar-refractivity contribution in [2.45, 2.75) is 25.3 Å². The molecule has 11 nitrogen and oxygen atoms in total. The van der Waals surface area contributed by atoms with Gasteiger partial charge in [-0.2, -0.15) is 0 Å². The molecule has 2 aliphatic heterocycles. The van der Waals surface area contributed by atoms with Crippen LogP contribution in [-0.2, 0) is 16.0 Å². The van der Waals surface area contributed by atoms with Crippen molar-refractivity contribution in [2.75, 3.05) is 56.6 Å². The zero-order valence-corrected chi connectivity index (χ0v) is 25.4. The molecular weight excluding hydrogens is 574 g/mol. The summed E-state index contributed by atoms with van der Waals surface area (Å²) in [7, 11) is 1.50. The van der Waals surface area contributed by atoms with Gasteiger partial charge in [0, 0.05) is 57.1 Å². The molecule has 1 unspecified atom stereocenters. The molecule has 2 saturated heterocycles. The Labute approximate surface area is 262 Å². The number of carboxylic acids is 1. The van der Waals surface area contributed by atoms with Crippen molar-refractivity contribution in [1.29, 1.82) is 0 Å². The third-order valence-corrected chi connectivity index (χ3v) is 8.36. The van der Waals surface area contributed by atoms with Crippen molar-refractivity contribution in [2.24, 2.45) is 5.92 Å². The van der Waals surface area contributed by atoms with Gasteiger partial charge in [-0.1, -0.05) is 42.5 Å². The van der Waals surface area contributed by atoms with Gasteiger partial charge in [-0.3, -0.25) is 9.59 Å². The molecule has 0 spiro atoms. The molecule has 3 N–H and O–H groups in total. The van der Waals surface area contributed by atoms with Crippen molar-refractivity contribution >= 4 is 35.2 Å². The summed E-state index contributed by atoms with van der Waals surface area (Å²) < 4.78 is 5.32. The maximum Gasteiger partial charge on any atom is 0.326 e. The molecule has 4 amide bonds. The van der Waals surface area contributed by atoms with Crippen molar-refractivity contribution in [3.05, 3.63) is 90.0 Å². The van der Waals surface area contributed by atoms with E-state index in [1.807, 2.05) is 18.2 Å². The van der Waals surface area contributed by atoms with Gasteiger partial charge in [0.15, 0.2) is 0 Å². The van der Waals surface area contributed by atoms with Gasteiger partial charge in [0.25, 0.3) is 5.91 Å². The fraction of sp³-hybridized carbons (Fsp3) is 0.353. The molecule has 3 aromatic rings. The maximum absolute atomic E-state index is 13.2. The first-order chi connectivity index (χ1) is 21.8. The lowest BCUT2D eigenvalue weighted by Gasteiger charge is -2.36. The number of ether oxygens (including phenoxy) is 1. The van der Waals surface area contributed by atoms with E-state index in [0.29, 0.717) is 55.0 Å². The minimum Gasteiger partial charge on any atom is -0.496 e. The van der Waals surface area contributed by atoms with Gasteiger partial charge in [-0.25, -0.2) is 9.59 Å². The molecule has 0 aromatic heterocycles. The number of para-hydroxylation sites is 2. The van der Waals surface area contributed by atoms with Crippen LogP contribution >= 0.6 is 0 Å². The Balaban J connectivity index is 1.12. The summed E-state index contributed by atoms with van der Waals surface area (Å²) in [6, 6.07) is 22.7. The zero-order valence-electron chi connectivity index (χ0n) is 25.4. The third kappa shape index (κ3) is 7.91. The number of nitrogens with zero attached hydrogens (tertiary/aromatic N) is 3. The molecule has 0 bridgehead atoms. The number of hydrogen-bond donors (Lipinski definition) is 3. The molecule has 45 heavy (non-hydrogen) atoms. The number of methoxy groups -OCH3 is 1. The first-order valence-electron chi connectivity index (χ1n) is 15.2. The number of aliphatic carboxylic acids is 1. The van der Waals surface area contributed by atoms with Crippen LogP contribution in [0.1, 0.15) is 28.8 Å². The normalized spacial score (nSPS) is 17.3. The van der Waals surface area contributed by atoms with Gasteiger partial charge < -0.3 is 35.2 Å². The fourth-order valence-electron chi connectivity index (χ4n) is 5.83. The average molecular weight is 614 g/mol. The second-order valence-electron chi connectivity index (χ2n) is 11.3. The standard InChI is InChI=1S/C34H39N5O6/c1-45-30-12-6-5-11-28(30)32(41)39-17-7-8-25(23-39)31(40)36-29(33(42)43)22-24-13-15-26(16-14-24)35-34(44)38-20-18-37(19-21-38)27-9-3-2-4-10-27/h2-6,9-16,25,29H,7-8,17-23H2,1H3,(H,35,44)(H,36,40)(H,42,43)/t25?,29-/m0/s1. The second kappa shape index (κ2) is 14.6. The van der Waals surface area contributed by atoms with Crippen LogP contribution in [0.3, 0.4) is 0 Å². The average Bonchev–Trinajstić information content (AvgIpc) is 3.08. The molecule has 3 aromatic carbocycles. The molecule has 2 atom stereocenters. The third-order valence-electron chi connectivity index (χ3n) is 8.36. The van der Waals surface area contributed by atoms with E-state index in [1.54, 1.807) is 58.3 Å². The van der Waals surface area contributed by atoms with E-state index in [0.717, 1.165) is 18.8 Å². The van der Waals surface area contributed by atoms with Crippen LogP contribution in [0.25, 0.3) is 0 Å². The Morgan fingerprint density at radius 1 is 0.867 bits per heavy atom. The minimum absolute atomic E-state index is 0.0767. The molecule has 11 heteroatoms. The largest absolute Gasteiger partial charge is 0.496 e. The molecule has 2 heterocycles. The molecule has 0 aliphatic carbocycles. The SMILES string of the molecule is COc1ccccc1C(=O)N1CCCC(C(=O)N[C@@H](Cc2ccc(NC(=O)N3CCN(c4ccccc4)CC3)cc2)C(=O)O)C1. The molecule has 2 aliphatic rings. The number of carbonyl (C=O) groups is 4. The summed E-state index contributed by atoms with van der Waals surface area (Å²) in [5.74, 6) is -1.82. The van der Waals surface area contributed by atoms with Crippen LogP contribution in [0.15, 0.2) is 78.9 Å². The summed E-state index contributed by atoms with van der Waals surface area (Å²) in [6.45, 7) is 3.41. The summed E-state index contributed by atoms with van der Waals surface area (Å²) in [5.41, 5.74) is 2.87. The van der Waals surface area contributed by atoms with Crippen LogP contribution in [0, 0.1) is 5.92 Å². The molecule has 236 valence electrons. The van der Waals surface area contributed by atoms with Gasteiger partial charge in [0.1, 0.15) is 11.8 Å². The second-order valence-corrected chi connectivity index (χ2v) is 11.3. The summed E-state index contributed by atoms with van der Waals surface area (Å²) in [6.07, 6.45) is 1.27. The number of nitrogens with one attached hydrogen (secondary N) is 2.